The average molecular weight is 553 g/mol. The molecule has 2 heterocycles. The number of ether oxygens (including phenoxy) is 1. The SMILES string of the molecule is Cc1cc(C(O)(C(F)(F)F)C(F)(F)F)ccc1-n1c(Cc2ccccn2)nc2ccc(OCCO)cc2c1=O. The molecule has 2 aromatic heterocycles. The molecule has 39 heavy (non-hydrogen) atoms. The molecule has 0 spiro atoms. The van der Waals surface area contributed by atoms with E-state index in [0.717, 1.165) is 10.6 Å². The van der Waals surface area contributed by atoms with E-state index < -0.39 is 29.1 Å². The zero-order valence-electron chi connectivity index (χ0n) is 20.2. The highest BCUT2D eigenvalue weighted by Crippen LogP contribution is 2.50. The van der Waals surface area contributed by atoms with Crippen molar-refractivity contribution in [2.24, 2.45) is 0 Å². The van der Waals surface area contributed by atoms with Gasteiger partial charge in [-0.25, -0.2) is 4.98 Å². The minimum atomic E-state index is -6.06. The molecule has 0 saturated carbocycles. The Kier molecular flexibility index (Phi) is 7.41. The first-order valence-corrected chi connectivity index (χ1v) is 11.4. The van der Waals surface area contributed by atoms with Gasteiger partial charge in [0.1, 0.15) is 18.2 Å². The molecule has 7 nitrogen and oxygen atoms in total. The topological polar surface area (TPSA) is 97.5 Å². The lowest BCUT2D eigenvalue weighted by molar-refractivity contribution is -0.376. The number of fused-ring (bicyclic) bond motifs is 1. The second-order valence-corrected chi connectivity index (χ2v) is 8.62. The summed E-state index contributed by atoms with van der Waals surface area (Å²) in [6, 6.07) is 11.4. The van der Waals surface area contributed by atoms with Gasteiger partial charge in [-0.3, -0.25) is 14.3 Å². The summed E-state index contributed by atoms with van der Waals surface area (Å²) in [7, 11) is 0. The zero-order chi connectivity index (χ0) is 28.6. The first kappa shape index (κ1) is 28.0. The number of aryl methyl sites for hydroxylation is 1. The van der Waals surface area contributed by atoms with Crippen LogP contribution in [0.4, 0.5) is 26.3 Å². The highest BCUT2D eigenvalue weighted by Gasteiger charge is 2.71. The summed E-state index contributed by atoms with van der Waals surface area (Å²) in [6.07, 6.45) is -10.6. The van der Waals surface area contributed by atoms with Gasteiger partial charge in [0.15, 0.2) is 0 Å². The first-order valence-electron chi connectivity index (χ1n) is 11.4. The molecule has 0 bridgehead atoms. The fraction of sp³-hybridized carbons (Fsp3) is 0.269. The van der Waals surface area contributed by atoms with Gasteiger partial charge in [-0.05, 0) is 48.9 Å². The Bertz CT molecular complexity index is 1540. The van der Waals surface area contributed by atoms with E-state index in [-0.39, 0.29) is 53.4 Å². The predicted molar refractivity (Wildman–Crippen MR) is 128 cm³/mol. The number of pyridine rings is 1. The maximum absolute atomic E-state index is 13.7. The van der Waals surface area contributed by atoms with E-state index in [1.54, 1.807) is 18.2 Å². The van der Waals surface area contributed by atoms with Crippen molar-refractivity contribution in [3.05, 3.63) is 93.8 Å². The predicted octanol–water partition coefficient (Wildman–Crippen LogP) is 4.36. The van der Waals surface area contributed by atoms with Crippen LogP contribution in [0.1, 0.15) is 22.6 Å². The molecule has 4 aromatic rings. The summed E-state index contributed by atoms with van der Waals surface area (Å²) in [5.41, 5.74) is -6.68. The van der Waals surface area contributed by atoms with Gasteiger partial charge < -0.3 is 14.9 Å². The molecule has 0 atom stereocenters. The maximum atomic E-state index is 13.7. The Morgan fingerprint density at radius 2 is 1.69 bits per heavy atom. The van der Waals surface area contributed by atoms with Crippen molar-refractivity contribution in [1.29, 1.82) is 0 Å². The normalized spacial score (nSPS) is 12.6. The molecule has 0 aliphatic carbocycles. The molecule has 4 rings (SSSR count). The van der Waals surface area contributed by atoms with Gasteiger partial charge in [0.05, 0.1) is 23.2 Å². The average Bonchev–Trinajstić information content (AvgIpc) is 2.87. The van der Waals surface area contributed by atoms with E-state index in [4.69, 9.17) is 9.84 Å². The smallest absolute Gasteiger partial charge is 0.430 e. The summed E-state index contributed by atoms with van der Waals surface area (Å²) in [6.45, 7) is 0.887. The highest BCUT2D eigenvalue weighted by molar-refractivity contribution is 5.80. The van der Waals surface area contributed by atoms with E-state index in [1.165, 1.54) is 31.3 Å². The fourth-order valence-electron chi connectivity index (χ4n) is 4.12. The van der Waals surface area contributed by atoms with Crippen LogP contribution >= 0.6 is 0 Å². The largest absolute Gasteiger partial charge is 0.491 e. The van der Waals surface area contributed by atoms with Crippen LogP contribution in [0.25, 0.3) is 16.6 Å². The van der Waals surface area contributed by atoms with E-state index >= 15 is 0 Å². The van der Waals surface area contributed by atoms with Crippen LogP contribution in [0.5, 0.6) is 5.75 Å². The standard InChI is InChI=1S/C26H21F6N3O4/c1-15-12-16(24(38,25(27,28)29)26(30,31)32)5-8-21(15)35-22(13-17-4-2-3-9-33-17)34-20-7-6-18(39-11-10-36)14-19(20)23(35)37/h2-9,12,14,36,38H,10-11,13H2,1H3. The van der Waals surface area contributed by atoms with E-state index in [1.807, 2.05) is 0 Å². The van der Waals surface area contributed by atoms with Crippen LogP contribution in [-0.2, 0) is 12.0 Å². The second-order valence-electron chi connectivity index (χ2n) is 8.62. The third-order valence-electron chi connectivity index (χ3n) is 6.01. The molecule has 0 amide bonds. The lowest BCUT2D eigenvalue weighted by Gasteiger charge is -2.33. The number of aromatic nitrogens is 3. The van der Waals surface area contributed by atoms with Gasteiger partial charge in [-0.2, -0.15) is 26.3 Å². The van der Waals surface area contributed by atoms with Crippen LogP contribution < -0.4 is 10.3 Å². The van der Waals surface area contributed by atoms with Crippen molar-refractivity contribution in [3.63, 3.8) is 0 Å². The molecule has 2 aromatic carbocycles. The number of aliphatic hydroxyl groups is 2. The molecule has 13 heteroatoms. The monoisotopic (exact) mass is 553 g/mol. The summed E-state index contributed by atoms with van der Waals surface area (Å²) >= 11 is 0. The summed E-state index contributed by atoms with van der Waals surface area (Å²) in [5, 5.41) is 18.9. The van der Waals surface area contributed by atoms with Crippen molar-refractivity contribution < 1.29 is 41.3 Å². The summed E-state index contributed by atoms with van der Waals surface area (Å²) in [5.74, 6) is 0.361. The van der Waals surface area contributed by atoms with Crippen LogP contribution in [0, 0.1) is 6.92 Å². The lowest BCUT2D eigenvalue weighted by Crippen LogP contribution is -2.54. The Morgan fingerprint density at radius 3 is 2.28 bits per heavy atom. The van der Waals surface area contributed by atoms with Gasteiger partial charge in [0.2, 0.25) is 0 Å². The molecular formula is C26H21F6N3O4. The van der Waals surface area contributed by atoms with Gasteiger partial charge in [0, 0.05) is 23.9 Å². The number of aliphatic hydroxyl groups excluding tert-OH is 1. The Morgan fingerprint density at radius 1 is 0.974 bits per heavy atom. The van der Waals surface area contributed by atoms with Gasteiger partial charge in [-0.15, -0.1) is 0 Å². The third-order valence-corrected chi connectivity index (χ3v) is 6.01. The molecule has 0 saturated heterocycles. The molecule has 0 unspecified atom stereocenters. The van der Waals surface area contributed by atoms with Crippen LogP contribution in [-0.4, -0.2) is 50.3 Å². The molecule has 0 aliphatic heterocycles. The molecular weight excluding hydrogens is 532 g/mol. The van der Waals surface area contributed by atoms with E-state index in [0.29, 0.717) is 17.8 Å². The molecule has 206 valence electrons. The van der Waals surface area contributed by atoms with Gasteiger partial charge in [0.25, 0.3) is 11.2 Å². The minimum absolute atomic E-state index is 0.00498. The van der Waals surface area contributed by atoms with E-state index in [2.05, 4.69) is 9.97 Å². The minimum Gasteiger partial charge on any atom is -0.491 e. The maximum Gasteiger partial charge on any atom is 0.430 e. The van der Waals surface area contributed by atoms with Crippen LogP contribution in [0.15, 0.2) is 65.6 Å². The molecule has 0 fully saturated rings. The number of benzene rings is 2. The Labute approximate surface area is 217 Å². The van der Waals surface area contributed by atoms with Crippen molar-refractivity contribution >= 4 is 10.9 Å². The Hall–Kier alpha value is -3.97. The van der Waals surface area contributed by atoms with Crippen molar-refractivity contribution in [1.82, 2.24) is 14.5 Å². The van der Waals surface area contributed by atoms with Crippen LogP contribution in [0.3, 0.4) is 0 Å². The molecule has 0 aliphatic rings. The van der Waals surface area contributed by atoms with E-state index in [9.17, 15) is 36.2 Å². The first-order chi connectivity index (χ1) is 18.3. The molecule has 2 N–H and O–H groups in total. The fourth-order valence-corrected chi connectivity index (χ4v) is 4.12. The quantitative estimate of drug-likeness (QED) is 0.330. The highest BCUT2D eigenvalue weighted by atomic mass is 19.4. The van der Waals surface area contributed by atoms with Crippen molar-refractivity contribution in [2.75, 3.05) is 13.2 Å². The summed E-state index contributed by atoms with van der Waals surface area (Å²) < 4.78 is 87.1. The number of rotatable bonds is 7. The number of hydrogen-bond acceptors (Lipinski definition) is 6. The number of alkyl halides is 6. The van der Waals surface area contributed by atoms with Crippen LogP contribution in [0.2, 0.25) is 0 Å². The zero-order valence-corrected chi connectivity index (χ0v) is 20.2. The number of halogens is 6. The van der Waals surface area contributed by atoms with Crippen molar-refractivity contribution in [2.45, 2.75) is 31.3 Å². The number of hydrogen-bond donors (Lipinski definition) is 2. The third kappa shape index (κ3) is 5.19. The van der Waals surface area contributed by atoms with Crippen molar-refractivity contribution in [3.8, 4) is 11.4 Å². The summed E-state index contributed by atoms with van der Waals surface area (Å²) in [4.78, 5) is 22.4. The van der Waals surface area contributed by atoms with Gasteiger partial charge >= 0.3 is 12.4 Å². The Balaban J connectivity index is 1.95. The van der Waals surface area contributed by atoms with Gasteiger partial charge in [-0.1, -0.05) is 18.2 Å². The lowest BCUT2D eigenvalue weighted by atomic mass is 9.90. The molecule has 0 radical (unpaired) electrons. The second kappa shape index (κ2) is 10.3. The number of nitrogens with zero attached hydrogens (tertiary/aromatic N) is 3.